The fraction of sp³-hybridized carbons (Fsp3) is 0.571. The summed E-state index contributed by atoms with van der Waals surface area (Å²) in [5.74, 6) is 0.402. The topological polar surface area (TPSA) is 12.5 Å². The Morgan fingerprint density at radius 3 is 2.94 bits per heavy atom. The summed E-state index contributed by atoms with van der Waals surface area (Å²) in [7, 11) is 0. The molecule has 3 heteroatoms. The number of benzene rings is 1. The molecule has 1 aliphatic heterocycles. The smallest absolute Gasteiger partial charge is 0.126 e. The van der Waals surface area contributed by atoms with Gasteiger partial charge in [0, 0.05) is 18.7 Å². The van der Waals surface area contributed by atoms with Gasteiger partial charge in [0.05, 0.1) is 0 Å². The molecule has 1 atom stereocenters. The second-order valence-electron chi connectivity index (χ2n) is 4.93. The van der Waals surface area contributed by atoms with Gasteiger partial charge in [0.15, 0.2) is 0 Å². The van der Waals surface area contributed by atoms with Gasteiger partial charge in [-0.2, -0.15) is 0 Å². The molecule has 0 aliphatic carbocycles. The van der Waals surface area contributed by atoms with Crippen molar-refractivity contribution in [3.63, 3.8) is 0 Å². The highest BCUT2D eigenvalue weighted by Gasteiger charge is 2.22. The van der Waals surface area contributed by atoms with Crippen LogP contribution in [0, 0.1) is 5.82 Å². The highest BCUT2D eigenvalue weighted by Crippen LogP contribution is 2.20. The minimum atomic E-state index is -0.237. The van der Waals surface area contributed by atoms with Gasteiger partial charge in [-0.3, -0.25) is 4.90 Å². The van der Waals surface area contributed by atoms with Crippen molar-refractivity contribution in [1.82, 2.24) is 4.90 Å². The van der Waals surface area contributed by atoms with Gasteiger partial charge in [-0.1, -0.05) is 6.07 Å². The molecule has 0 bridgehead atoms. The summed E-state index contributed by atoms with van der Waals surface area (Å²) in [6, 6.07) is 6.95. The summed E-state index contributed by atoms with van der Waals surface area (Å²) < 4.78 is 18.9. The number of ether oxygens (including phenoxy) is 1. The van der Waals surface area contributed by atoms with Crippen LogP contribution in [0.2, 0.25) is 0 Å². The van der Waals surface area contributed by atoms with Crippen LogP contribution in [0.15, 0.2) is 24.3 Å². The van der Waals surface area contributed by atoms with Crippen molar-refractivity contribution in [3.8, 4) is 5.75 Å². The van der Waals surface area contributed by atoms with Crippen LogP contribution in [-0.2, 0) is 0 Å². The first-order valence-electron chi connectivity index (χ1n) is 6.31. The molecule has 94 valence electrons. The van der Waals surface area contributed by atoms with Crippen molar-refractivity contribution in [3.05, 3.63) is 30.1 Å². The zero-order chi connectivity index (χ0) is 12.3. The second-order valence-corrected chi connectivity index (χ2v) is 4.93. The lowest BCUT2D eigenvalue weighted by atomic mass is 10.1. The molecule has 17 heavy (non-hydrogen) atoms. The Balaban J connectivity index is 1.94. The quantitative estimate of drug-likeness (QED) is 0.801. The first kappa shape index (κ1) is 12.4. The molecule has 0 saturated carbocycles. The molecule has 1 heterocycles. The highest BCUT2D eigenvalue weighted by atomic mass is 19.1. The van der Waals surface area contributed by atoms with E-state index in [1.807, 2.05) is 6.07 Å². The van der Waals surface area contributed by atoms with Crippen LogP contribution in [0.3, 0.4) is 0 Å². The van der Waals surface area contributed by atoms with E-state index in [0.717, 1.165) is 25.9 Å². The average molecular weight is 237 g/mol. The molecule has 0 N–H and O–H groups in total. The predicted octanol–water partition coefficient (Wildman–Crippen LogP) is 3.08. The minimum absolute atomic E-state index is 0.188. The van der Waals surface area contributed by atoms with E-state index >= 15 is 0 Å². The molecule has 1 aromatic carbocycles. The van der Waals surface area contributed by atoms with E-state index < -0.39 is 0 Å². The summed E-state index contributed by atoms with van der Waals surface area (Å²) in [4.78, 5) is 2.41. The number of piperidine rings is 1. The van der Waals surface area contributed by atoms with Crippen LogP contribution < -0.4 is 4.74 Å². The maximum absolute atomic E-state index is 13.0. The number of rotatable bonds is 3. The molecule has 0 amide bonds. The molecule has 2 nitrogen and oxygen atoms in total. The van der Waals surface area contributed by atoms with Crippen molar-refractivity contribution in [2.75, 3.05) is 13.1 Å². The fourth-order valence-electron chi connectivity index (χ4n) is 2.26. The Morgan fingerprint density at radius 2 is 2.24 bits per heavy atom. The van der Waals surface area contributed by atoms with E-state index in [2.05, 4.69) is 18.7 Å². The van der Waals surface area contributed by atoms with E-state index in [0.29, 0.717) is 11.8 Å². The van der Waals surface area contributed by atoms with E-state index in [1.54, 1.807) is 6.07 Å². The third kappa shape index (κ3) is 3.43. The molecule has 0 aromatic heterocycles. The largest absolute Gasteiger partial charge is 0.489 e. The van der Waals surface area contributed by atoms with Crippen LogP contribution in [0.25, 0.3) is 0 Å². The molecule has 0 spiro atoms. The normalized spacial score (nSPS) is 21.8. The summed E-state index contributed by atoms with van der Waals surface area (Å²) >= 11 is 0. The minimum Gasteiger partial charge on any atom is -0.489 e. The van der Waals surface area contributed by atoms with Gasteiger partial charge in [0.2, 0.25) is 0 Å². The van der Waals surface area contributed by atoms with E-state index in [4.69, 9.17) is 4.74 Å². The number of halogens is 1. The predicted molar refractivity (Wildman–Crippen MR) is 66.8 cm³/mol. The zero-order valence-electron chi connectivity index (χ0n) is 10.5. The van der Waals surface area contributed by atoms with Crippen LogP contribution >= 0.6 is 0 Å². The summed E-state index contributed by atoms with van der Waals surface area (Å²) in [6.07, 6.45) is 2.39. The number of likely N-dealkylation sites (tertiary alicyclic amines) is 1. The van der Waals surface area contributed by atoms with Crippen molar-refractivity contribution in [2.24, 2.45) is 0 Å². The summed E-state index contributed by atoms with van der Waals surface area (Å²) in [6.45, 7) is 6.48. The zero-order valence-corrected chi connectivity index (χ0v) is 10.5. The standard InChI is InChI=1S/C14H20FNO/c1-11(2)16-8-4-7-14(10-16)17-13-6-3-5-12(15)9-13/h3,5-6,9,11,14H,4,7-8,10H2,1-2H3. The highest BCUT2D eigenvalue weighted by molar-refractivity contribution is 5.22. The van der Waals surface area contributed by atoms with E-state index in [-0.39, 0.29) is 11.9 Å². The van der Waals surface area contributed by atoms with Gasteiger partial charge in [-0.05, 0) is 45.4 Å². The second kappa shape index (κ2) is 5.50. The fourth-order valence-corrected chi connectivity index (χ4v) is 2.26. The van der Waals surface area contributed by atoms with Crippen molar-refractivity contribution in [2.45, 2.75) is 38.8 Å². The molecule has 0 radical (unpaired) electrons. The summed E-state index contributed by atoms with van der Waals surface area (Å²) in [5, 5.41) is 0. The third-order valence-electron chi connectivity index (χ3n) is 3.24. The molecule has 1 aliphatic rings. The summed E-state index contributed by atoms with van der Waals surface area (Å²) in [5.41, 5.74) is 0. The number of nitrogens with zero attached hydrogens (tertiary/aromatic N) is 1. The van der Waals surface area contributed by atoms with Gasteiger partial charge in [-0.15, -0.1) is 0 Å². The lowest BCUT2D eigenvalue weighted by Crippen LogP contribution is -2.44. The molecular formula is C14H20FNO. The van der Waals surface area contributed by atoms with Crippen molar-refractivity contribution < 1.29 is 9.13 Å². The molecule has 1 saturated heterocycles. The van der Waals surface area contributed by atoms with Crippen LogP contribution in [0.4, 0.5) is 4.39 Å². The van der Waals surface area contributed by atoms with Gasteiger partial charge in [-0.25, -0.2) is 4.39 Å². The van der Waals surface area contributed by atoms with Gasteiger partial charge in [0.1, 0.15) is 17.7 Å². The molecule has 1 fully saturated rings. The lowest BCUT2D eigenvalue weighted by Gasteiger charge is -2.35. The first-order valence-corrected chi connectivity index (χ1v) is 6.31. The Morgan fingerprint density at radius 1 is 1.41 bits per heavy atom. The molecule has 1 aromatic rings. The van der Waals surface area contributed by atoms with Crippen LogP contribution in [0.1, 0.15) is 26.7 Å². The molecular weight excluding hydrogens is 217 g/mol. The van der Waals surface area contributed by atoms with Gasteiger partial charge < -0.3 is 4.74 Å². The molecule has 1 unspecified atom stereocenters. The monoisotopic (exact) mass is 237 g/mol. The first-order chi connectivity index (χ1) is 8.15. The molecule has 2 rings (SSSR count). The average Bonchev–Trinajstić information content (AvgIpc) is 2.29. The Hall–Kier alpha value is -1.09. The van der Waals surface area contributed by atoms with Gasteiger partial charge >= 0.3 is 0 Å². The maximum atomic E-state index is 13.0. The van der Waals surface area contributed by atoms with Crippen molar-refractivity contribution in [1.29, 1.82) is 0 Å². The van der Waals surface area contributed by atoms with Crippen molar-refractivity contribution >= 4 is 0 Å². The van der Waals surface area contributed by atoms with E-state index in [1.165, 1.54) is 12.1 Å². The van der Waals surface area contributed by atoms with Crippen LogP contribution in [-0.4, -0.2) is 30.1 Å². The Bertz CT molecular complexity index is 367. The number of hydrogen-bond donors (Lipinski definition) is 0. The van der Waals surface area contributed by atoms with Crippen LogP contribution in [0.5, 0.6) is 5.75 Å². The maximum Gasteiger partial charge on any atom is 0.126 e. The van der Waals surface area contributed by atoms with Gasteiger partial charge in [0.25, 0.3) is 0 Å². The number of hydrogen-bond acceptors (Lipinski definition) is 2. The SMILES string of the molecule is CC(C)N1CCCC(Oc2cccc(F)c2)C1. The third-order valence-corrected chi connectivity index (χ3v) is 3.24. The van der Waals surface area contributed by atoms with E-state index in [9.17, 15) is 4.39 Å². The Kier molecular flexibility index (Phi) is 4.00. The Labute approximate surface area is 102 Å². The lowest BCUT2D eigenvalue weighted by molar-refractivity contribution is 0.0704.